The van der Waals surface area contributed by atoms with Crippen molar-refractivity contribution in [3.05, 3.63) is 27.0 Å². The lowest BCUT2D eigenvalue weighted by Gasteiger charge is -2.31. The lowest BCUT2D eigenvalue weighted by atomic mass is 10.1. The number of halogens is 1. The lowest BCUT2D eigenvalue weighted by molar-refractivity contribution is -0.384. The van der Waals surface area contributed by atoms with Crippen molar-refractivity contribution in [2.75, 3.05) is 18.4 Å². The van der Waals surface area contributed by atoms with Gasteiger partial charge in [0.05, 0.1) is 4.92 Å². The quantitative estimate of drug-likeness (QED) is 0.494. The Bertz CT molecular complexity index is 539. The van der Waals surface area contributed by atoms with Crippen LogP contribution in [0.3, 0.4) is 0 Å². The van der Waals surface area contributed by atoms with E-state index >= 15 is 0 Å². The van der Waals surface area contributed by atoms with Gasteiger partial charge in [-0.25, -0.2) is 9.78 Å². The number of hydrogen-bond acceptors (Lipinski definition) is 5. The first-order chi connectivity index (χ1) is 9.47. The van der Waals surface area contributed by atoms with Crippen LogP contribution in [0.15, 0.2) is 16.9 Å². The van der Waals surface area contributed by atoms with E-state index in [1.165, 1.54) is 17.2 Å². The standard InChI is InChI=1S/C11H13BrN4O4/c12-10-4-8(9(5-13-10)16(19)20)14-7-2-1-3-15(6-7)11(17)18/h4-5,7H,1-3,6H2,(H,13,14)(H,17,18). The van der Waals surface area contributed by atoms with Gasteiger partial charge in [-0.05, 0) is 28.8 Å². The fourth-order valence-corrected chi connectivity index (χ4v) is 2.50. The Hall–Kier alpha value is -1.90. The minimum absolute atomic E-state index is 0.124. The Morgan fingerprint density at radius 3 is 3.05 bits per heavy atom. The van der Waals surface area contributed by atoms with Crippen LogP contribution in [0.1, 0.15) is 12.8 Å². The zero-order valence-electron chi connectivity index (χ0n) is 10.5. The van der Waals surface area contributed by atoms with Gasteiger partial charge in [-0.3, -0.25) is 10.1 Å². The number of aromatic nitrogens is 1. The summed E-state index contributed by atoms with van der Waals surface area (Å²) >= 11 is 3.17. The number of nitrogens with one attached hydrogen (secondary N) is 1. The Kier molecular flexibility index (Phi) is 4.38. The first-order valence-electron chi connectivity index (χ1n) is 6.01. The molecule has 1 aromatic heterocycles. The van der Waals surface area contributed by atoms with E-state index < -0.39 is 11.0 Å². The number of anilines is 1. The maximum absolute atomic E-state index is 11.0. The number of nitrogens with zero attached hydrogens (tertiary/aromatic N) is 3. The number of piperidine rings is 1. The van der Waals surface area contributed by atoms with Crippen LogP contribution in [0.5, 0.6) is 0 Å². The van der Waals surface area contributed by atoms with Gasteiger partial charge in [-0.1, -0.05) is 0 Å². The van der Waals surface area contributed by atoms with E-state index in [9.17, 15) is 14.9 Å². The van der Waals surface area contributed by atoms with Gasteiger partial charge in [0.1, 0.15) is 16.5 Å². The molecule has 1 saturated heterocycles. The van der Waals surface area contributed by atoms with Crippen LogP contribution in [-0.2, 0) is 0 Å². The molecular weight excluding hydrogens is 332 g/mol. The number of carboxylic acid groups (broad SMARTS) is 1. The predicted octanol–water partition coefficient (Wildman–Crippen LogP) is 2.31. The zero-order valence-corrected chi connectivity index (χ0v) is 12.0. The highest BCUT2D eigenvalue weighted by molar-refractivity contribution is 9.10. The normalized spacial score (nSPS) is 18.6. The monoisotopic (exact) mass is 344 g/mol. The highest BCUT2D eigenvalue weighted by atomic mass is 79.9. The molecule has 0 saturated carbocycles. The smallest absolute Gasteiger partial charge is 0.407 e. The molecule has 9 heteroatoms. The molecule has 2 heterocycles. The Morgan fingerprint density at radius 2 is 2.40 bits per heavy atom. The topological polar surface area (TPSA) is 109 Å². The number of hydrogen-bond donors (Lipinski definition) is 2. The fourth-order valence-electron chi connectivity index (χ4n) is 2.17. The van der Waals surface area contributed by atoms with Crippen molar-refractivity contribution in [3.63, 3.8) is 0 Å². The van der Waals surface area contributed by atoms with Crippen LogP contribution in [0.4, 0.5) is 16.2 Å². The van der Waals surface area contributed by atoms with Crippen LogP contribution >= 0.6 is 15.9 Å². The molecule has 1 aliphatic rings. The molecule has 0 aromatic carbocycles. The summed E-state index contributed by atoms with van der Waals surface area (Å²) in [4.78, 5) is 26.5. The molecule has 1 amide bonds. The van der Waals surface area contributed by atoms with E-state index in [2.05, 4.69) is 26.2 Å². The summed E-state index contributed by atoms with van der Waals surface area (Å²) in [6.07, 6.45) is 1.69. The molecule has 0 radical (unpaired) electrons. The van der Waals surface area contributed by atoms with Crippen molar-refractivity contribution in [2.45, 2.75) is 18.9 Å². The number of likely N-dealkylation sites (tertiary alicyclic amines) is 1. The minimum Gasteiger partial charge on any atom is -0.465 e. The van der Waals surface area contributed by atoms with E-state index in [4.69, 9.17) is 5.11 Å². The number of carbonyl (C=O) groups is 1. The summed E-state index contributed by atoms with van der Waals surface area (Å²) in [5.41, 5.74) is 0.217. The van der Waals surface area contributed by atoms with E-state index in [0.717, 1.165) is 12.8 Å². The molecule has 0 aliphatic carbocycles. The number of nitro groups is 1. The molecule has 1 atom stereocenters. The van der Waals surface area contributed by atoms with E-state index in [-0.39, 0.29) is 11.7 Å². The molecule has 8 nitrogen and oxygen atoms in total. The SMILES string of the molecule is O=C(O)N1CCCC(Nc2cc(Br)ncc2[N+](=O)[O-])C1. The maximum Gasteiger partial charge on any atom is 0.407 e. The largest absolute Gasteiger partial charge is 0.465 e. The highest BCUT2D eigenvalue weighted by Crippen LogP contribution is 2.27. The van der Waals surface area contributed by atoms with Crippen molar-refractivity contribution < 1.29 is 14.8 Å². The second-order valence-electron chi connectivity index (χ2n) is 4.49. The van der Waals surface area contributed by atoms with Gasteiger partial charge in [0.2, 0.25) is 0 Å². The molecular formula is C11H13BrN4O4. The van der Waals surface area contributed by atoms with E-state index in [1.807, 2.05) is 0 Å². The van der Waals surface area contributed by atoms with Gasteiger partial charge in [0.15, 0.2) is 0 Å². The van der Waals surface area contributed by atoms with Gasteiger partial charge < -0.3 is 15.3 Å². The van der Waals surface area contributed by atoms with Crippen molar-refractivity contribution >= 4 is 33.4 Å². The van der Waals surface area contributed by atoms with Gasteiger partial charge >= 0.3 is 11.8 Å². The van der Waals surface area contributed by atoms with E-state index in [1.54, 1.807) is 0 Å². The molecule has 2 N–H and O–H groups in total. The summed E-state index contributed by atoms with van der Waals surface area (Å²) < 4.78 is 0.483. The molecule has 0 bridgehead atoms. The van der Waals surface area contributed by atoms with Crippen LogP contribution in [0.2, 0.25) is 0 Å². The molecule has 1 unspecified atom stereocenters. The second kappa shape index (κ2) is 6.04. The van der Waals surface area contributed by atoms with Crippen LogP contribution in [0.25, 0.3) is 0 Å². The number of amides is 1. The third-order valence-electron chi connectivity index (χ3n) is 3.10. The molecule has 108 valence electrons. The summed E-state index contributed by atoms with van der Waals surface area (Å²) in [6, 6.07) is 1.38. The third-order valence-corrected chi connectivity index (χ3v) is 3.53. The Labute approximate surface area is 123 Å². The molecule has 0 spiro atoms. The predicted molar refractivity (Wildman–Crippen MR) is 74.8 cm³/mol. The average molecular weight is 345 g/mol. The van der Waals surface area contributed by atoms with Crippen molar-refractivity contribution in [1.82, 2.24) is 9.88 Å². The molecule has 1 aromatic rings. The van der Waals surface area contributed by atoms with E-state index in [0.29, 0.717) is 23.4 Å². The Morgan fingerprint density at radius 1 is 1.65 bits per heavy atom. The van der Waals surface area contributed by atoms with Gasteiger partial charge in [-0.15, -0.1) is 0 Å². The lowest BCUT2D eigenvalue weighted by Crippen LogP contribution is -2.44. The highest BCUT2D eigenvalue weighted by Gasteiger charge is 2.25. The summed E-state index contributed by atoms with van der Waals surface area (Å²) in [7, 11) is 0. The summed E-state index contributed by atoms with van der Waals surface area (Å²) in [5.74, 6) is 0. The first kappa shape index (κ1) is 14.5. The minimum atomic E-state index is -0.970. The van der Waals surface area contributed by atoms with Crippen molar-refractivity contribution in [1.29, 1.82) is 0 Å². The van der Waals surface area contributed by atoms with Gasteiger partial charge in [-0.2, -0.15) is 0 Å². The van der Waals surface area contributed by atoms with Crippen LogP contribution in [-0.4, -0.2) is 45.1 Å². The zero-order chi connectivity index (χ0) is 14.7. The summed E-state index contributed by atoms with van der Waals surface area (Å²) in [5, 5.41) is 23.0. The molecule has 1 fully saturated rings. The molecule has 20 heavy (non-hydrogen) atoms. The number of rotatable bonds is 3. The van der Waals surface area contributed by atoms with Crippen LogP contribution in [0, 0.1) is 10.1 Å². The number of pyridine rings is 1. The van der Waals surface area contributed by atoms with Gasteiger partial charge in [0, 0.05) is 25.2 Å². The maximum atomic E-state index is 11.0. The molecule has 1 aliphatic heterocycles. The van der Waals surface area contributed by atoms with Gasteiger partial charge in [0.25, 0.3) is 0 Å². The Balaban J connectivity index is 2.15. The first-order valence-corrected chi connectivity index (χ1v) is 6.81. The average Bonchev–Trinajstić information content (AvgIpc) is 2.38. The van der Waals surface area contributed by atoms with Crippen molar-refractivity contribution in [2.24, 2.45) is 0 Å². The van der Waals surface area contributed by atoms with Crippen molar-refractivity contribution in [3.8, 4) is 0 Å². The fraction of sp³-hybridized carbons (Fsp3) is 0.455. The van der Waals surface area contributed by atoms with Crippen LogP contribution < -0.4 is 5.32 Å². The summed E-state index contributed by atoms with van der Waals surface area (Å²) in [6.45, 7) is 0.808. The molecule has 2 rings (SSSR count). The second-order valence-corrected chi connectivity index (χ2v) is 5.31. The third kappa shape index (κ3) is 3.35.